The van der Waals surface area contributed by atoms with Gasteiger partial charge in [-0.15, -0.1) is 0 Å². The lowest BCUT2D eigenvalue weighted by Crippen LogP contribution is -2.36. The van der Waals surface area contributed by atoms with Crippen LogP contribution in [0.25, 0.3) is 0 Å². The summed E-state index contributed by atoms with van der Waals surface area (Å²) in [6, 6.07) is 0. The fourth-order valence-electron chi connectivity index (χ4n) is 1.64. The van der Waals surface area contributed by atoms with E-state index in [1.165, 1.54) is 4.90 Å². The van der Waals surface area contributed by atoms with Gasteiger partial charge in [0, 0.05) is 19.3 Å². The standard InChI is InChI=1S/C11H19NO4S/c1-8-6-12(7-9(8)17(5,14)15)10(13)16-11(2,3)4/h9H,1,6-7H2,2-5H3/t9-/m0/s1. The van der Waals surface area contributed by atoms with Gasteiger partial charge in [-0.25, -0.2) is 13.2 Å². The summed E-state index contributed by atoms with van der Waals surface area (Å²) in [4.78, 5) is 13.1. The molecule has 5 nitrogen and oxygen atoms in total. The van der Waals surface area contributed by atoms with Crippen LogP contribution < -0.4 is 0 Å². The SMILES string of the molecule is C=C1CN(C(=O)OC(C)(C)C)C[C@@H]1S(C)(=O)=O. The molecule has 98 valence electrons. The average Bonchev–Trinajstić information content (AvgIpc) is 2.42. The van der Waals surface area contributed by atoms with Gasteiger partial charge in [0.05, 0.1) is 0 Å². The van der Waals surface area contributed by atoms with E-state index in [0.717, 1.165) is 6.26 Å². The van der Waals surface area contributed by atoms with Crippen LogP contribution in [-0.2, 0) is 14.6 Å². The highest BCUT2D eigenvalue weighted by Gasteiger charge is 2.37. The zero-order valence-corrected chi connectivity index (χ0v) is 11.5. The normalized spacial score (nSPS) is 21.8. The summed E-state index contributed by atoms with van der Waals surface area (Å²) < 4.78 is 28.1. The Balaban J connectivity index is 2.73. The van der Waals surface area contributed by atoms with Crippen molar-refractivity contribution < 1.29 is 17.9 Å². The Morgan fingerprint density at radius 3 is 2.35 bits per heavy atom. The minimum Gasteiger partial charge on any atom is -0.444 e. The van der Waals surface area contributed by atoms with Crippen molar-refractivity contribution in [1.82, 2.24) is 4.90 Å². The molecular formula is C11H19NO4S. The van der Waals surface area contributed by atoms with Crippen LogP contribution in [0.3, 0.4) is 0 Å². The topological polar surface area (TPSA) is 63.7 Å². The molecular weight excluding hydrogens is 242 g/mol. The van der Waals surface area contributed by atoms with Gasteiger partial charge in [0.2, 0.25) is 0 Å². The Kier molecular flexibility index (Phi) is 3.57. The predicted octanol–water partition coefficient (Wildman–Crippen LogP) is 1.21. The van der Waals surface area contributed by atoms with E-state index in [1.54, 1.807) is 20.8 Å². The second kappa shape index (κ2) is 4.33. The lowest BCUT2D eigenvalue weighted by Gasteiger charge is -2.24. The molecule has 1 saturated heterocycles. The van der Waals surface area contributed by atoms with E-state index in [4.69, 9.17) is 4.74 Å². The first-order chi connectivity index (χ1) is 7.50. The predicted molar refractivity (Wildman–Crippen MR) is 65.6 cm³/mol. The largest absolute Gasteiger partial charge is 0.444 e. The van der Waals surface area contributed by atoms with Crippen LogP contribution in [0.1, 0.15) is 20.8 Å². The minimum absolute atomic E-state index is 0.132. The van der Waals surface area contributed by atoms with Gasteiger partial charge in [-0.05, 0) is 26.3 Å². The third-order valence-electron chi connectivity index (χ3n) is 2.40. The Morgan fingerprint density at radius 1 is 1.47 bits per heavy atom. The van der Waals surface area contributed by atoms with Gasteiger partial charge in [-0.3, -0.25) is 0 Å². The van der Waals surface area contributed by atoms with Crippen LogP contribution in [0, 0.1) is 0 Å². The third kappa shape index (κ3) is 3.73. The molecule has 17 heavy (non-hydrogen) atoms. The number of hydrogen-bond acceptors (Lipinski definition) is 4. The fraction of sp³-hybridized carbons (Fsp3) is 0.727. The molecule has 1 aliphatic heterocycles. The fourth-order valence-corrected chi connectivity index (χ4v) is 2.78. The first kappa shape index (κ1) is 14.0. The molecule has 0 aliphatic carbocycles. The molecule has 1 atom stereocenters. The monoisotopic (exact) mass is 261 g/mol. The summed E-state index contributed by atoms with van der Waals surface area (Å²) in [5.41, 5.74) is -0.0416. The molecule has 1 fully saturated rings. The molecule has 1 heterocycles. The molecule has 0 aromatic carbocycles. The first-order valence-electron chi connectivity index (χ1n) is 5.35. The third-order valence-corrected chi connectivity index (χ3v) is 3.92. The van der Waals surface area contributed by atoms with E-state index in [9.17, 15) is 13.2 Å². The van der Waals surface area contributed by atoms with E-state index in [-0.39, 0.29) is 13.1 Å². The van der Waals surface area contributed by atoms with Crippen molar-refractivity contribution in [1.29, 1.82) is 0 Å². The van der Waals surface area contributed by atoms with Crippen LogP contribution in [0.2, 0.25) is 0 Å². The number of likely N-dealkylation sites (tertiary alicyclic amines) is 1. The van der Waals surface area contributed by atoms with Crippen LogP contribution in [0.15, 0.2) is 12.2 Å². The van der Waals surface area contributed by atoms with Crippen LogP contribution in [0.5, 0.6) is 0 Å². The summed E-state index contributed by atoms with van der Waals surface area (Å²) >= 11 is 0. The maximum Gasteiger partial charge on any atom is 0.410 e. The molecule has 1 aliphatic rings. The quantitative estimate of drug-likeness (QED) is 0.665. The molecule has 0 N–H and O–H groups in total. The van der Waals surface area contributed by atoms with Crippen molar-refractivity contribution in [3.05, 3.63) is 12.2 Å². The smallest absolute Gasteiger partial charge is 0.410 e. The molecule has 0 bridgehead atoms. The van der Waals surface area contributed by atoms with Gasteiger partial charge in [-0.1, -0.05) is 6.58 Å². The zero-order chi connectivity index (χ0) is 13.4. The molecule has 1 amide bonds. The van der Waals surface area contributed by atoms with E-state index in [0.29, 0.717) is 5.57 Å². The van der Waals surface area contributed by atoms with E-state index in [2.05, 4.69) is 6.58 Å². The van der Waals surface area contributed by atoms with Gasteiger partial charge >= 0.3 is 6.09 Å². The Labute approximate surface area is 102 Å². The molecule has 0 radical (unpaired) electrons. The second-order valence-electron chi connectivity index (χ2n) is 5.34. The summed E-state index contributed by atoms with van der Waals surface area (Å²) in [7, 11) is -3.21. The number of carbonyl (C=O) groups is 1. The van der Waals surface area contributed by atoms with Gasteiger partial charge in [0.15, 0.2) is 9.84 Å². The van der Waals surface area contributed by atoms with Gasteiger partial charge in [0.1, 0.15) is 10.9 Å². The number of ether oxygens (including phenoxy) is 1. The Morgan fingerprint density at radius 2 is 2.00 bits per heavy atom. The number of sulfone groups is 1. The molecule has 0 aromatic heterocycles. The van der Waals surface area contributed by atoms with E-state index in [1.807, 2.05) is 0 Å². The van der Waals surface area contributed by atoms with Crippen LogP contribution in [-0.4, -0.2) is 49.6 Å². The number of amides is 1. The lowest BCUT2D eigenvalue weighted by atomic mass is 10.2. The molecule has 0 unspecified atom stereocenters. The van der Waals surface area contributed by atoms with Crippen molar-refractivity contribution >= 4 is 15.9 Å². The van der Waals surface area contributed by atoms with Gasteiger partial charge in [-0.2, -0.15) is 0 Å². The van der Waals surface area contributed by atoms with E-state index >= 15 is 0 Å². The van der Waals surface area contributed by atoms with Crippen molar-refractivity contribution in [3.63, 3.8) is 0 Å². The average molecular weight is 261 g/mol. The molecule has 0 aromatic rings. The maximum atomic E-state index is 11.7. The summed E-state index contributed by atoms with van der Waals surface area (Å²) in [5.74, 6) is 0. The summed E-state index contributed by atoms with van der Waals surface area (Å²) in [5, 5.41) is -0.671. The highest BCUT2D eigenvalue weighted by atomic mass is 32.2. The van der Waals surface area contributed by atoms with E-state index < -0.39 is 26.8 Å². The Hall–Kier alpha value is -1.04. The number of hydrogen-bond donors (Lipinski definition) is 0. The first-order valence-corrected chi connectivity index (χ1v) is 7.30. The minimum atomic E-state index is -3.21. The van der Waals surface area contributed by atoms with Crippen molar-refractivity contribution in [2.45, 2.75) is 31.6 Å². The van der Waals surface area contributed by atoms with Crippen molar-refractivity contribution in [2.75, 3.05) is 19.3 Å². The highest BCUT2D eigenvalue weighted by molar-refractivity contribution is 7.91. The van der Waals surface area contributed by atoms with Gasteiger partial charge < -0.3 is 9.64 Å². The van der Waals surface area contributed by atoms with Crippen LogP contribution in [0.4, 0.5) is 4.79 Å². The number of rotatable bonds is 1. The van der Waals surface area contributed by atoms with Crippen molar-refractivity contribution in [2.24, 2.45) is 0 Å². The second-order valence-corrected chi connectivity index (χ2v) is 7.57. The summed E-state index contributed by atoms with van der Waals surface area (Å²) in [6.07, 6.45) is 0.659. The maximum absolute atomic E-state index is 11.7. The highest BCUT2D eigenvalue weighted by Crippen LogP contribution is 2.22. The molecule has 1 rings (SSSR count). The molecule has 0 spiro atoms. The Bertz CT molecular complexity index is 433. The molecule has 0 saturated carbocycles. The van der Waals surface area contributed by atoms with Crippen LogP contribution >= 0.6 is 0 Å². The lowest BCUT2D eigenvalue weighted by molar-refractivity contribution is 0.0300. The molecule has 6 heteroatoms. The summed E-state index contributed by atoms with van der Waals surface area (Å²) in [6.45, 7) is 9.38. The zero-order valence-electron chi connectivity index (χ0n) is 10.7. The number of nitrogens with zero attached hydrogens (tertiary/aromatic N) is 1. The number of carbonyl (C=O) groups excluding carboxylic acids is 1. The van der Waals surface area contributed by atoms with Crippen molar-refractivity contribution in [3.8, 4) is 0 Å². The van der Waals surface area contributed by atoms with Gasteiger partial charge in [0.25, 0.3) is 0 Å².